The molecule has 0 radical (unpaired) electrons. The molecule has 0 unspecified atom stereocenters. The second-order valence-corrected chi connectivity index (χ2v) is 30.4. The molecule has 0 bridgehead atoms. The van der Waals surface area contributed by atoms with Gasteiger partial charge in [-0.3, -0.25) is 0 Å². The number of hydrogen-bond acceptors (Lipinski definition) is 0. The van der Waals surface area contributed by atoms with Gasteiger partial charge in [0.2, 0.25) is 0 Å². The lowest BCUT2D eigenvalue weighted by molar-refractivity contribution is 1.56. The minimum atomic E-state index is 1.21. The van der Waals surface area contributed by atoms with Gasteiger partial charge in [-0.15, -0.1) is 0 Å². The summed E-state index contributed by atoms with van der Waals surface area (Å²) >= 11 is 0. The van der Waals surface area contributed by atoms with Crippen molar-refractivity contribution in [1.82, 2.24) is 0 Å². The molecule has 0 aliphatic carbocycles. The first-order valence-electron chi connectivity index (χ1n) is 40.3. The maximum Gasteiger partial charge on any atom is -0.00204 e. The van der Waals surface area contributed by atoms with E-state index in [1.807, 2.05) is 0 Å². The van der Waals surface area contributed by atoms with E-state index >= 15 is 0 Å². The van der Waals surface area contributed by atoms with Gasteiger partial charge >= 0.3 is 0 Å². The number of fused-ring (bicyclic) bond motifs is 9. The quantitative estimate of drug-likeness (QED) is 0.120. The number of benzene rings is 22. The lowest BCUT2D eigenvalue weighted by Gasteiger charge is -2.20. The van der Waals surface area contributed by atoms with Gasteiger partial charge in [0.25, 0.3) is 0 Å². The van der Waals surface area contributed by atoms with E-state index < -0.39 is 0 Å². The standard InChI is InChI=1S/C46H32.C40H28.C30H20/c1-5-15-33(16-6-1)37-27-38(34-17-7-2-8-18-34)30-41(29-37)43-25-26-44(46-24-14-13-23-45(43)46)42-31-39(35-19-9-3-10-20-35)28-40(32-42)36-21-11-4-12-22-36;1-25-27-13-3-9-19-33(27)39(34-20-10-4-14-28(25)34)37-23-24-38(32-18-8-7-17-31(32)37)40-35-21-11-5-15-29(35)26(2)30-16-6-12-22-36(30)40;1-3-13-23-21(9-1)11-5-15-25(23)27-17-7-20-30-28(18-8-19-29(27)30)26-16-6-12-22-10-2-4-14-24(22)26/h1-32H;3-24H,1-2H3;1-20H. The minimum absolute atomic E-state index is 1.21. The van der Waals surface area contributed by atoms with Crippen LogP contribution in [-0.2, 0) is 0 Å². The van der Waals surface area contributed by atoms with Crippen molar-refractivity contribution < 1.29 is 0 Å². The predicted molar refractivity (Wildman–Crippen MR) is 501 cm³/mol. The summed E-state index contributed by atoms with van der Waals surface area (Å²) in [6.45, 7) is 4.51. The van der Waals surface area contributed by atoms with E-state index in [0.717, 1.165) is 0 Å². The zero-order chi connectivity index (χ0) is 77.4. The van der Waals surface area contributed by atoms with Gasteiger partial charge in [0.15, 0.2) is 0 Å². The summed E-state index contributed by atoms with van der Waals surface area (Å²) in [4.78, 5) is 0. The van der Waals surface area contributed by atoms with Crippen LogP contribution < -0.4 is 0 Å². The van der Waals surface area contributed by atoms with E-state index in [4.69, 9.17) is 0 Å². The molecular formula is C116H80. The fourth-order valence-corrected chi connectivity index (χ4v) is 18.3. The number of rotatable bonds is 10. The van der Waals surface area contributed by atoms with Crippen LogP contribution in [0.15, 0.2) is 449 Å². The second-order valence-electron chi connectivity index (χ2n) is 30.4. The third-order valence-electron chi connectivity index (χ3n) is 23.8. The van der Waals surface area contributed by atoms with E-state index in [-0.39, 0.29) is 0 Å². The number of hydrogen-bond donors (Lipinski definition) is 0. The molecular weight excluding hydrogens is 1390 g/mol. The SMILES string of the molecule is Cc1c2ccccc2c(-c2ccc(-c3c4ccccc4c(C)c4ccccc34)c3ccccc23)c2ccccc12.c1ccc(-c2cc(-c3ccccc3)cc(-c3ccc(-c4cc(-c5ccccc5)cc(-c5ccccc5)c4)c4ccccc34)c2)cc1.c1ccc2c(-c3cccc4c(-c5cccc6ccccc56)cccc34)cccc2c1. The van der Waals surface area contributed by atoms with Gasteiger partial charge in [0, 0.05) is 0 Å². The molecule has 22 aromatic rings. The molecule has 22 aromatic carbocycles. The molecule has 0 nitrogen and oxygen atoms in total. The highest BCUT2D eigenvalue weighted by molar-refractivity contribution is 6.23. The summed E-state index contributed by atoms with van der Waals surface area (Å²) in [5.41, 5.74) is 27.6. The average Bonchev–Trinajstić information content (AvgIpc) is 0.793. The van der Waals surface area contributed by atoms with Crippen molar-refractivity contribution in [1.29, 1.82) is 0 Å². The smallest absolute Gasteiger partial charge is 0.00204 e. The topological polar surface area (TPSA) is 0 Å². The molecule has 0 aromatic heterocycles. The van der Waals surface area contributed by atoms with Crippen molar-refractivity contribution in [3.63, 3.8) is 0 Å². The van der Waals surface area contributed by atoms with Crippen LogP contribution in [-0.4, -0.2) is 0 Å². The molecule has 0 amide bonds. The Kier molecular flexibility index (Phi) is 18.6. The Morgan fingerprint density at radius 2 is 0.302 bits per heavy atom. The van der Waals surface area contributed by atoms with Crippen LogP contribution in [0.3, 0.4) is 0 Å². The first-order valence-corrected chi connectivity index (χ1v) is 40.3. The summed E-state index contributed by atoms with van der Waals surface area (Å²) in [7, 11) is 0. The van der Waals surface area contributed by atoms with Crippen molar-refractivity contribution in [2.45, 2.75) is 13.8 Å². The Labute approximate surface area is 677 Å². The van der Waals surface area contributed by atoms with Crippen LogP contribution in [0.1, 0.15) is 11.1 Å². The summed E-state index contributed by atoms with van der Waals surface area (Å²) in [6.07, 6.45) is 0. The molecule has 0 aliphatic heterocycles. The Balaban J connectivity index is 0.000000115. The zero-order valence-electron chi connectivity index (χ0n) is 64.7. The van der Waals surface area contributed by atoms with Gasteiger partial charge < -0.3 is 0 Å². The molecule has 0 heterocycles. The van der Waals surface area contributed by atoms with Crippen molar-refractivity contribution in [3.8, 4) is 111 Å². The molecule has 0 aliphatic rings. The summed E-state index contributed by atoms with van der Waals surface area (Å²) in [5.74, 6) is 0. The fourth-order valence-electron chi connectivity index (χ4n) is 18.3. The van der Waals surface area contributed by atoms with Crippen molar-refractivity contribution in [2.24, 2.45) is 0 Å². The number of aryl methyl sites for hydroxylation is 2. The lowest BCUT2D eigenvalue weighted by atomic mass is 9.83. The van der Waals surface area contributed by atoms with Crippen molar-refractivity contribution in [3.05, 3.63) is 460 Å². The van der Waals surface area contributed by atoms with Crippen LogP contribution in [0.2, 0.25) is 0 Å². The van der Waals surface area contributed by atoms with E-state index in [9.17, 15) is 0 Å². The Morgan fingerprint density at radius 1 is 0.112 bits per heavy atom. The monoisotopic (exact) mass is 1470 g/mol. The zero-order valence-corrected chi connectivity index (χ0v) is 64.7. The van der Waals surface area contributed by atoms with Crippen LogP contribution in [0.5, 0.6) is 0 Å². The highest BCUT2D eigenvalue weighted by Crippen LogP contribution is 2.49. The average molecular weight is 1470 g/mol. The molecule has 0 saturated carbocycles. The van der Waals surface area contributed by atoms with E-state index in [1.165, 1.54) is 219 Å². The Bertz CT molecular complexity index is 6810. The van der Waals surface area contributed by atoms with E-state index in [1.54, 1.807) is 0 Å². The Morgan fingerprint density at radius 3 is 0.603 bits per heavy atom. The van der Waals surface area contributed by atoms with Gasteiger partial charge in [-0.25, -0.2) is 0 Å². The fraction of sp³-hybridized carbons (Fsp3) is 0.0172. The third kappa shape index (κ3) is 13.0. The summed E-state index contributed by atoms with van der Waals surface area (Å²) in [6, 6.07) is 163. The van der Waals surface area contributed by atoms with Gasteiger partial charge in [0.05, 0.1) is 0 Å². The molecule has 544 valence electrons. The minimum Gasteiger partial charge on any atom is -0.0622 e. The Hall–Kier alpha value is -14.8. The third-order valence-corrected chi connectivity index (χ3v) is 23.8. The van der Waals surface area contributed by atoms with E-state index in [0.29, 0.717) is 0 Å². The lowest BCUT2D eigenvalue weighted by Crippen LogP contribution is -1.93. The van der Waals surface area contributed by atoms with Crippen LogP contribution in [0, 0.1) is 13.8 Å². The molecule has 0 spiro atoms. The van der Waals surface area contributed by atoms with Crippen molar-refractivity contribution >= 4 is 97.0 Å². The highest BCUT2D eigenvalue weighted by Gasteiger charge is 2.22. The first kappa shape index (κ1) is 70.3. The largest absolute Gasteiger partial charge is 0.0622 e. The molecule has 22 rings (SSSR count). The maximum absolute atomic E-state index is 2.37. The van der Waals surface area contributed by atoms with Gasteiger partial charge in [-0.05, 0) is 270 Å². The van der Waals surface area contributed by atoms with Crippen LogP contribution in [0.25, 0.3) is 208 Å². The normalized spacial score (nSPS) is 11.4. The van der Waals surface area contributed by atoms with Gasteiger partial charge in [-0.1, -0.05) is 413 Å². The summed E-state index contributed by atoms with van der Waals surface area (Å²) < 4.78 is 0. The van der Waals surface area contributed by atoms with Crippen molar-refractivity contribution in [2.75, 3.05) is 0 Å². The van der Waals surface area contributed by atoms with Gasteiger partial charge in [-0.2, -0.15) is 0 Å². The molecule has 116 heavy (non-hydrogen) atoms. The molecule has 0 atom stereocenters. The maximum atomic E-state index is 2.37. The molecule has 0 N–H and O–H groups in total. The predicted octanol–water partition coefficient (Wildman–Crippen LogP) is 32.7. The summed E-state index contributed by atoms with van der Waals surface area (Å²) in [5, 5.41) is 23.3. The van der Waals surface area contributed by atoms with Gasteiger partial charge in [0.1, 0.15) is 0 Å². The van der Waals surface area contributed by atoms with Crippen LogP contribution in [0.4, 0.5) is 0 Å². The van der Waals surface area contributed by atoms with E-state index in [2.05, 4.69) is 463 Å². The highest BCUT2D eigenvalue weighted by atomic mass is 14.3. The molecule has 0 fully saturated rings. The second kappa shape index (κ2) is 30.7. The first-order chi connectivity index (χ1) is 57.4. The molecule has 0 heteroatoms. The van der Waals surface area contributed by atoms with Crippen LogP contribution >= 0.6 is 0 Å². The molecule has 0 saturated heterocycles.